The fourth-order valence-electron chi connectivity index (χ4n) is 6.23. The van der Waals surface area contributed by atoms with Gasteiger partial charge < -0.3 is 0 Å². The van der Waals surface area contributed by atoms with Crippen LogP contribution in [-0.4, -0.2) is 3.71 Å². The van der Waals surface area contributed by atoms with Gasteiger partial charge in [0.05, 0.1) is 0 Å². The Bertz CT molecular complexity index is 1390. The molecule has 4 aromatic rings. The number of hydrogen-bond donors (Lipinski definition) is 0. The number of hydrogen-bond acceptors (Lipinski definition) is 0. The second kappa shape index (κ2) is 9.29. The van der Waals surface area contributed by atoms with Crippen LogP contribution in [0.25, 0.3) is 34.4 Å². The molecule has 170 valence electrons. The van der Waals surface area contributed by atoms with E-state index >= 15 is 0 Å². The van der Waals surface area contributed by atoms with E-state index in [-0.39, 0.29) is 0 Å². The zero-order chi connectivity index (χ0) is 23.9. The summed E-state index contributed by atoms with van der Waals surface area (Å²) in [5.41, 5.74) is 14.5. The Balaban J connectivity index is 1.46. The number of allylic oxidation sites excluding steroid dienone is 2. The molecule has 0 nitrogen and oxygen atoms in total. The van der Waals surface area contributed by atoms with E-state index in [4.69, 9.17) is 0 Å². The fraction of sp³-hybridized carbons (Fsp3) is 0.147. The average Bonchev–Trinajstić information content (AvgIpc) is 3.42. The fourth-order valence-corrected chi connectivity index (χ4v) is 14.7. The van der Waals surface area contributed by atoms with Crippen molar-refractivity contribution in [3.63, 3.8) is 0 Å². The third kappa shape index (κ3) is 3.82. The second-order valence-corrected chi connectivity index (χ2v) is 16.5. The van der Waals surface area contributed by atoms with Crippen molar-refractivity contribution in [2.75, 3.05) is 0 Å². The van der Waals surface area contributed by atoms with Crippen molar-refractivity contribution < 1.29 is 21.3 Å². The molecular formula is C34H30Zr. The first kappa shape index (κ1) is 22.6. The van der Waals surface area contributed by atoms with Crippen molar-refractivity contribution in [1.29, 1.82) is 0 Å². The van der Waals surface area contributed by atoms with Gasteiger partial charge in [-0.3, -0.25) is 0 Å². The SMILES string of the molecule is C[CH]=[Zr]([CH]1C(C)=Cc2c(-c3ccccc3)cccc21)[CH]1C(C)=Cc2c(-c3ccccc3)cccc21. The average molecular weight is 530 g/mol. The molecule has 0 saturated carbocycles. The van der Waals surface area contributed by atoms with Gasteiger partial charge in [0.25, 0.3) is 0 Å². The van der Waals surface area contributed by atoms with E-state index in [9.17, 15) is 0 Å². The van der Waals surface area contributed by atoms with Crippen LogP contribution in [0.15, 0.2) is 108 Å². The van der Waals surface area contributed by atoms with Crippen molar-refractivity contribution in [2.24, 2.45) is 0 Å². The van der Waals surface area contributed by atoms with Crippen LogP contribution in [0.2, 0.25) is 0 Å². The zero-order valence-electron chi connectivity index (χ0n) is 20.6. The maximum atomic E-state index is 2.65. The van der Waals surface area contributed by atoms with Crippen LogP contribution in [0, 0.1) is 0 Å². The van der Waals surface area contributed by atoms with Gasteiger partial charge >= 0.3 is 218 Å². The maximum absolute atomic E-state index is 2.65. The first-order chi connectivity index (χ1) is 17.2. The van der Waals surface area contributed by atoms with E-state index in [1.54, 1.807) is 22.3 Å². The minimum absolute atomic E-state index is 0.584. The molecule has 2 aliphatic rings. The molecule has 0 fully saturated rings. The first-order valence-corrected chi connectivity index (χ1v) is 16.8. The van der Waals surface area contributed by atoms with E-state index in [0.717, 1.165) is 0 Å². The molecule has 2 atom stereocenters. The topological polar surface area (TPSA) is 0 Å². The predicted octanol–water partition coefficient (Wildman–Crippen LogP) is 9.08. The molecule has 6 rings (SSSR count). The second-order valence-electron chi connectivity index (χ2n) is 9.78. The Morgan fingerprint density at radius 1 is 0.543 bits per heavy atom. The molecule has 0 bridgehead atoms. The standard InChI is InChI=1S/2C16H13.C2H4.Zr/c2*1-12-10-14-8-5-9-15(16(14)11-12)13-6-3-2-4-7-13;1-2;/h2*2-11H,1H3;1H,2H3;. The van der Waals surface area contributed by atoms with E-state index < -0.39 is 21.3 Å². The predicted molar refractivity (Wildman–Crippen MR) is 148 cm³/mol. The number of benzene rings is 4. The summed E-state index contributed by atoms with van der Waals surface area (Å²) in [6.45, 7) is 7.09. The third-order valence-electron chi connectivity index (χ3n) is 7.73. The van der Waals surface area contributed by atoms with Gasteiger partial charge in [0, 0.05) is 0 Å². The summed E-state index contributed by atoms with van der Waals surface area (Å²) in [5.74, 6) is 0. The van der Waals surface area contributed by atoms with Crippen LogP contribution in [-0.2, 0) is 21.3 Å². The van der Waals surface area contributed by atoms with Crippen LogP contribution in [0.5, 0.6) is 0 Å². The third-order valence-corrected chi connectivity index (χ3v) is 16.4. The monoisotopic (exact) mass is 528 g/mol. The van der Waals surface area contributed by atoms with Gasteiger partial charge in [0.2, 0.25) is 0 Å². The molecule has 0 spiro atoms. The first-order valence-electron chi connectivity index (χ1n) is 12.6. The van der Waals surface area contributed by atoms with Crippen LogP contribution in [0.3, 0.4) is 0 Å². The number of fused-ring (bicyclic) bond motifs is 2. The van der Waals surface area contributed by atoms with Crippen LogP contribution < -0.4 is 0 Å². The molecule has 0 aromatic heterocycles. The molecule has 0 aliphatic heterocycles. The van der Waals surface area contributed by atoms with Gasteiger partial charge in [-0.1, -0.05) is 0 Å². The summed E-state index contributed by atoms with van der Waals surface area (Å²) < 4.78 is 3.82. The molecule has 0 radical (unpaired) electrons. The van der Waals surface area contributed by atoms with Crippen LogP contribution >= 0.6 is 0 Å². The quantitative estimate of drug-likeness (QED) is 0.247. The van der Waals surface area contributed by atoms with E-state index in [1.807, 2.05) is 0 Å². The molecule has 0 saturated heterocycles. The van der Waals surface area contributed by atoms with Crippen molar-refractivity contribution in [1.82, 2.24) is 0 Å². The molecule has 2 unspecified atom stereocenters. The Hall–Kier alpha value is -2.89. The summed E-state index contributed by atoms with van der Waals surface area (Å²) in [6.07, 6.45) is 4.98. The van der Waals surface area contributed by atoms with Crippen molar-refractivity contribution in [3.05, 3.63) is 130 Å². The minimum atomic E-state index is -2.15. The molecule has 2 aliphatic carbocycles. The summed E-state index contributed by atoms with van der Waals surface area (Å²) >= 11 is -2.15. The molecule has 4 aromatic carbocycles. The Morgan fingerprint density at radius 3 is 1.37 bits per heavy atom. The normalized spacial score (nSPS) is 17.9. The van der Waals surface area contributed by atoms with Gasteiger partial charge in [0.15, 0.2) is 0 Å². The number of rotatable bonds is 4. The van der Waals surface area contributed by atoms with Crippen LogP contribution in [0.4, 0.5) is 0 Å². The van der Waals surface area contributed by atoms with E-state index in [1.165, 1.54) is 33.4 Å². The van der Waals surface area contributed by atoms with Gasteiger partial charge in [-0.05, 0) is 0 Å². The van der Waals surface area contributed by atoms with Crippen molar-refractivity contribution in [3.8, 4) is 22.3 Å². The van der Waals surface area contributed by atoms with Gasteiger partial charge in [0.1, 0.15) is 0 Å². The Morgan fingerprint density at radius 2 is 0.971 bits per heavy atom. The van der Waals surface area contributed by atoms with Crippen molar-refractivity contribution >= 4 is 15.9 Å². The van der Waals surface area contributed by atoms with Gasteiger partial charge in [-0.15, -0.1) is 0 Å². The molecule has 0 heterocycles. The summed E-state index contributed by atoms with van der Waals surface area (Å²) in [5, 5.41) is 0. The molecular weight excluding hydrogens is 500 g/mol. The summed E-state index contributed by atoms with van der Waals surface area (Å²) in [6, 6.07) is 35.7. The molecule has 1 heteroatoms. The Kier molecular flexibility index (Phi) is 5.99. The van der Waals surface area contributed by atoms with E-state index in [0.29, 0.717) is 7.25 Å². The summed E-state index contributed by atoms with van der Waals surface area (Å²) in [7, 11) is 0. The Labute approximate surface area is 216 Å². The summed E-state index contributed by atoms with van der Waals surface area (Å²) in [4.78, 5) is 0. The van der Waals surface area contributed by atoms with Gasteiger partial charge in [-0.25, -0.2) is 0 Å². The molecule has 0 N–H and O–H groups in total. The molecule has 0 amide bonds. The van der Waals surface area contributed by atoms with Crippen LogP contribution in [0.1, 0.15) is 50.3 Å². The molecule has 35 heavy (non-hydrogen) atoms. The van der Waals surface area contributed by atoms with Gasteiger partial charge in [-0.2, -0.15) is 0 Å². The zero-order valence-corrected chi connectivity index (χ0v) is 23.1. The van der Waals surface area contributed by atoms with E-state index in [2.05, 4.69) is 134 Å². The van der Waals surface area contributed by atoms with Crippen molar-refractivity contribution in [2.45, 2.75) is 28.0 Å².